The molecule has 0 aliphatic carbocycles. The molecule has 25 heavy (non-hydrogen) atoms. The maximum atomic E-state index is 12.6. The van der Waals surface area contributed by atoms with Crippen molar-refractivity contribution < 1.29 is 23.6 Å². The van der Waals surface area contributed by atoms with E-state index in [4.69, 9.17) is 18.8 Å². The normalized spacial score (nSPS) is 30.9. The monoisotopic (exact) mass is 351 g/mol. The van der Waals surface area contributed by atoms with Gasteiger partial charge < -0.3 is 18.8 Å². The Labute approximate surface area is 151 Å². The predicted molar refractivity (Wildman–Crippen MR) is 95.3 cm³/mol. The lowest BCUT2D eigenvalue weighted by Gasteiger charge is -2.44. The second-order valence-corrected chi connectivity index (χ2v) is 9.18. The molecule has 6 nitrogen and oxygen atoms in total. The Morgan fingerprint density at radius 2 is 1.80 bits per heavy atom. The molecule has 3 heterocycles. The van der Waals surface area contributed by atoms with Gasteiger partial charge in [0, 0.05) is 0 Å². The maximum Gasteiger partial charge on any atom is 0.490 e. The molecular weight excluding hydrogens is 321 g/mol. The Hall–Kier alpha value is -1.05. The lowest BCUT2D eigenvalue weighted by Crippen LogP contribution is -2.58. The summed E-state index contributed by atoms with van der Waals surface area (Å²) in [6.45, 7) is 14.8. The number of nitrogens with zero attached hydrogens (tertiary/aromatic N) is 1. The minimum atomic E-state index is -0.512. The fraction of sp³-hybridized carbons (Fsp3) is 0.833. The molecule has 2 fully saturated rings. The predicted octanol–water partition coefficient (Wildman–Crippen LogP) is 2.95. The molecule has 3 rings (SSSR count). The molecule has 0 radical (unpaired) electrons. The number of carbonyl (C=O) groups is 1. The lowest BCUT2D eigenvalue weighted by atomic mass is 9.71. The number of amides is 1. The van der Waals surface area contributed by atoms with Gasteiger partial charge in [0.2, 0.25) is 0 Å². The number of hydrogen-bond acceptors (Lipinski definition) is 5. The average Bonchev–Trinajstić information content (AvgIpc) is 2.64. The van der Waals surface area contributed by atoms with Gasteiger partial charge in [0.05, 0.1) is 36.5 Å². The summed E-state index contributed by atoms with van der Waals surface area (Å²) in [5.74, 6) is 0. The number of fused-ring (bicyclic) bond motifs is 2. The molecule has 2 unspecified atom stereocenters. The fourth-order valence-electron chi connectivity index (χ4n) is 3.40. The summed E-state index contributed by atoms with van der Waals surface area (Å²) in [7, 11) is -0.367. The van der Waals surface area contributed by atoms with E-state index < -0.39 is 5.60 Å². The summed E-state index contributed by atoms with van der Waals surface area (Å²) in [5, 5.41) is 0. The fourth-order valence-corrected chi connectivity index (χ4v) is 3.40. The second-order valence-electron chi connectivity index (χ2n) is 9.18. The zero-order valence-electron chi connectivity index (χ0n) is 16.4. The highest BCUT2D eigenvalue weighted by Crippen LogP contribution is 2.41. The van der Waals surface area contributed by atoms with Crippen LogP contribution >= 0.6 is 0 Å². The topological polar surface area (TPSA) is 57.2 Å². The standard InChI is InChI=1S/C18H30BNO5/c1-16(2,3)23-15(21)20-13-8-12(9-14(20)11-22-10-13)19-24-17(4,5)18(6,7)25-19/h8,13-14H,9-11H2,1-7H3. The second kappa shape index (κ2) is 6.00. The van der Waals surface area contributed by atoms with Crippen LogP contribution in [0, 0.1) is 0 Å². The van der Waals surface area contributed by atoms with Gasteiger partial charge in [-0.3, -0.25) is 4.90 Å². The molecule has 0 N–H and O–H groups in total. The zero-order valence-corrected chi connectivity index (χ0v) is 16.4. The van der Waals surface area contributed by atoms with Gasteiger partial charge >= 0.3 is 13.2 Å². The average molecular weight is 351 g/mol. The maximum absolute atomic E-state index is 12.6. The van der Waals surface area contributed by atoms with E-state index in [1.54, 1.807) is 0 Å². The van der Waals surface area contributed by atoms with Crippen molar-refractivity contribution in [1.29, 1.82) is 0 Å². The summed E-state index contributed by atoms with van der Waals surface area (Å²) in [6, 6.07) is -0.191. The number of ether oxygens (including phenoxy) is 2. The van der Waals surface area contributed by atoms with Crippen LogP contribution < -0.4 is 0 Å². The molecule has 0 aromatic heterocycles. The summed E-state index contributed by atoms with van der Waals surface area (Å²) >= 11 is 0. The van der Waals surface area contributed by atoms with Crippen molar-refractivity contribution >= 4 is 13.2 Å². The quantitative estimate of drug-likeness (QED) is 0.680. The first-order chi connectivity index (χ1) is 11.4. The van der Waals surface area contributed by atoms with Crippen molar-refractivity contribution in [2.45, 2.75) is 83.8 Å². The first-order valence-electron chi connectivity index (χ1n) is 9.05. The molecule has 0 aromatic rings. The van der Waals surface area contributed by atoms with Crippen LogP contribution in [0.5, 0.6) is 0 Å². The molecule has 3 aliphatic rings. The molecule has 7 heteroatoms. The molecule has 0 saturated carbocycles. The Balaban J connectivity index is 1.79. The van der Waals surface area contributed by atoms with E-state index in [2.05, 4.69) is 6.08 Å². The van der Waals surface area contributed by atoms with Crippen molar-refractivity contribution in [3.05, 3.63) is 11.5 Å². The van der Waals surface area contributed by atoms with Gasteiger partial charge in [-0.1, -0.05) is 6.08 Å². The van der Waals surface area contributed by atoms with Gasteiger partial charge in [0.15, 0.2) is 0 Å². The molecule has 0 aromatic carbocycles. The van der Waals surface area contributed by atoms with Gasteiger partial charge in [-0.2, -0.15) is 0 Å². The van der Waals surface area contributed by atoms with Crippen LogP contribution in [0.2, 0.25) is 0 Å². The van der Waals surface area contributed by atoms with E-state index in [1.807, 2.05) is 53.4 Å². The highest BCUT2D eigenvalue weighted by atomic mass is 16.7. The minimum Gasteiger partial charge on any atom is -0.444 e. The van der Waals surface area contributed by atoms with Gasteiger partial charge in [-0.15, -0.1) is 0 Å². The van der Waals surface area contributed by atoms with Gasteiger partial charge in [-0.25, -0.2) is 4.79 Å². The molecule has 3 aliphatic heterocycles. The first kappa shape index (κ1) is 18.7. The van der Waals surface area contributed by atoms with Crippen molar-refractivity contribution in [2.24, 2.45) is 0 Å². The summed E-state index contributed by atoms with van der Waals surface area (Å²) in [5.41, 5.74) is -0.155. The SMILES string of the molecule is CC(C)(C)OC(=O)N1C2C=C(B3OC(C)(C)C(C)(C)O3)CC1COC2. The summed E-state index contributed by atoms with van der Waals surface area (Å²) in [6.07, 6.45) is 2.45. The number of rotatable bonds is 1. The Morgan fingerprint density at radius 1 is 1.20 bits per heavy atom. The minimum absolute atomic E-state index is 0.0485. The Morgan fingerprint density at radius 3 is 2.32 bits per heavy atom. The third kappa shape index (κ3) is 3.59. The third-order valence-corrected chi connectivity index (χ3v) is 5.39. The van der Waals surface area contributed by atoms with Gasteiger partial charge in [-0.05, 0) is 60.4 Å². The van der Waals surface area contributed by atoms with Gasteiger partial charge in [0.25, 0.3) is 0 Å². The van der Waals surface area contributed by atoms with Crippen LogP contribution in [0.25, 0.3) is 0 Å². The highest BCUT2D eigenvalue weighted by Gasteiger charge is 2.54. The Kier molecular flexibility index (Phi) is 4.49. The van der Waals surface area contributed by atoms with E-state index in [9.17, 15) is 4.79 Å². The largest absolute Gasteiger partial charge is 0.490 e. The molecule has 2 bridgehead atoms. The third-order valence-electron chi connectivity index (χ3n) is 5.39. The van der Waals surface area contributed by atoms with E-state index in [0.717, 1.165) is 5.47 Å². The number of hydrogen-bond donors (Lipinski definition) is 0. The molecule has 0 spiro atoms. The summed E-state index contributed by atoms with van der Waals surface area (Å²) in [4.78, 5) is 14.4. The van der Waals surface area contributed by atoms with Crippen LogP contribution in [-0.4, -0.2) is 60.2 Å². The van der Waals surface area contributed by atoms with E-state index in [0.29, 0.717) is 19.6 Å². The van der Waals surface area contributed by atoms with Crippen LogP contribution in [0.4, 0.5) is 4.79 Å². The lowest BCUT2D eigenvalue weighted by molar-refractivity contribution is -0.0531. The van der Waals surface area contributed by atoms with Crippen molar-refractivity contribution in [3.63, 3.8) is 0 Å². The van der Waals surface area contributed by atoms with Crippen LogP contribution in [-0.2, 0) is 18.8 Å². The van der Waals surface area contributed by atoms with E-state index >= 15 is 0 Å². The first-order valence-corrected chi connectivity index (χ1v) is 9.05. The smallest absolute Gasteiger partial charge is 0.444 e. The Bertz CT molecular complexity index is 565. The van der Waals surface area contributed by atoms with Crippen LogP contribution in [0.15, 0.2) is 11.5 Å². The van der Waals surface area contributed by atoms with Crippen LogP contribution in [0.3, 0.4) is 0 Å². The van der Waals surface area contributed by atoms with Gasteiger partial charge in [0.1, 0.15) is 5.60 Å². The van der Waals surface area contributed by atoms with Crippen molar-refractivity contribution in [2.75, 3.05) is 13.2 Å². The van der Waals surface area contributed by atoms with Crippen molar-refractivity contribution in [1.82, 2.24) is 4.90 Å². The number of morpholine rings is 1. The number of carbonyl (C=O) groups excluding carboxylic acids is 1. The molecule has 2 saturated heterocycles. The zero-order chi connectivity index (χ0) is 18.6. The molecule has 2 atom stereocenters. The van der Waals surface area contributed by atoms with Crippen molar-refractivity contribution in [3.8, 4) is 0 Å². The van der Waals surface area contributed by atoms with E-state index in [-0.39, 0.29) is 36.5 Å². The summed E-state index contributed by atoms with van der Waals surface area (Å²) < 4.78 is 23.6. The molecule has 1 amide bonds. The van der Waals surface area contributed by atoms with E-state index in [1.165, 1.54) is 0 Å². The molecular formula is C18H30BNO5. The molecule has 140 valence electrons. The van der Waals surface area contributed by atoms with Crippen LogP contribution in [0.1, 0.15) is 54.9 Å². The highest BCUT2D eigenvalue weighted by molar-refractivity contribution is 6.54.